The molecule has 2 aromatic carbocycles. The van der Waals surface area contributed by atoms with Crippen LogP contribution in [0.2, 0.25) is 10.0 Å². The van der Waals surface area contributed by atoms with Crippen LogP contribution in [-0.4, -0.2) is 18.7 Å². The molecule has 2 rings (SSSR count). The number of hydrazone groups is 1. The highest BCUT2D eigenvalue weighted by molar-refractivity contribution is 6.43. The summed E-state index contributed by atoms with van der Waals surface area (Å²) in [4.78, 5) is 11.7. The van der Waals surface area contributed by atoms with Crippen molar-refractivity contribution >= 4 is 35.3 Å². The molecule has 0 aromatic heterocycles. The van der Waals surface area contributed by atoms with Crippen LogP contribution in [-0.2, 0) is 11.2 Å². The number of amides is 1. The van der Waals surface area contributed by atoms with E-state index in [1.807, 2.05) is 24.3 Å². The largest absolute Gasteiger partial charge is 0.484 e. The Bertz CT molecular complexity index is 700. The minimum absolute atomic E-state index is 0.119. The third-order valence-electron chi connectivity index (χ3n) is 3.08. The fourth-order valence-corrected chi connectivity index (χ4v) is 2.15. The number of aryl methyl sites for hydroxylation is 1. The van der Waals surface area contributed by atoms with Crippen LogP contribution >= 0.6 is 23.2 Å². The highest BCUT2D eigenvalue weighted by Crippen LogP contribution is 2.24. The molecule has 0 aliphatic carbocycles. The third kappa shape index (κ3) is 5.27. The molecule has 0 aliphatic rings. The molecule has 0 saturated heterocycles. The Morgan fingerprint density at radius 3 is 2.65 bits per heavy atom. The van der Waals surface area contributed by atoms with Gasteiger partial charge in [-0.1, -0.05) is 54.4 Å². The molecule has 120 valence electrons. The fraction of sp³-hybridized carbons (Fsp3) is 0.176. The molecule has 0 bridgehead atoms. The molecule has 0 heterocycles. The average Bonchev–Trinajstić information content (AvgIpc) is 2.57. The van der Waals surface area contributed by atoms with Crippen molar-refractivity contribution in [3.63, 3.8) is 0 Å². The van der Waals surface area contributed by atoms with E-state index in [0.717, 1.165) is 6.42 Å². The van der Waals surface area contributed by atoms with Gasteiger partial charge in [-0.25, -0.2) is 5.43 Å². The second kappa shape index (κ2) is 8.56. The SMILES string of the molecule is CCc1ccc(OCC(=O)N/N=C\c2cccc(Cl)c2Cl)cc1. The van der Waals surface area contributed by atoms with Gasteiger partial charge in [0.1, 0.15) is 5.75 Å². The lowest BCUT2D eigenvalue weighted by atomic mass is 10.2. The van der Waals surface area contributed by atoms with Crippen molar-refractivity contribution in [3.05, 3.63) is 63.6 Å². The summed E-state index contributed by atoms with van der Waals surface area (Å²) in [5.41, 5.74) is 4.21. The maximum Gasteiger partial charge on any atom is 0.277 e. The van der Waals surface area contributed by atoms with Crippen LogP contribution in [0.25, 0.3) is 0 Å². The Labute approximate surface area is 145 Å². The van der Waals surface area contributed by atoms with Crippen molar-refractivity contribution in [1.29, 1.82) is 0 Å². The van der Waals surface area contributed by atoms with E-state index in [2.05, 4.69) is 17.5 Å². The number of ether oxygens (including phenoxy) is 1. The Balaban J connectivity index is 1.82. The summed E-state index contributed by atoms with van der Waals surface area (Å²) in [6.07, 6.45) is 2.39. The van der Waals surface area contributed by atoms with Gasteiger partial charge in [-0.15, -0.1) is 0 Å². The number of nitrogens with zero attached hydrogens (tertiary/aromatic N) is 1. The van der Waals surface area contributed by atoms with Gasteiger partial charge in [-0.05, 0) is 30.2 Å². The van der Waals surface area contributed by atoms with Gasteiger partial charge < -0.3 is 4.74 Å². The molecule has 23 heavy (non-hydrogen) atoms. The van der Waals surface area contributed by atoms with Gasteiger partial charge in [0.2, 0.25) is 0 Å². The first-order valence-electron chi connectivity index (χ1n) is 7.07. The quantitative estimate of drug-likeness (QED) is 0.630. The van der Waals surface area contributed by atoms with Gasteiger partial charge in [0.05, 0.1) is 16.3 Å². The number of hydrogen-bond acceptors (Lipinski definition) is 3. The Morgan fingerprint density at radius 2 is 1.96 bits per heavy atom. The first kappa shape index (κ1) is 17.3. The van der Waals surface area contributed by atoms with E-state index in [1.165, 1.54) is 11.8 Å². The molecule has 0 radical (unpaired) electrons. The van der Waals surface area contributed by atoms with E-state index >= 15 is 0 Å². The normalized spacial score (nSPS) is 10.7. The zero-order valence-corrected chi connectivity index (χ0v) is 14.1. The molecule has 0 fully saturated rings. The monoisotopic (exact) mass is 350 g/mol. The van der Waals surface area contributed by atoms with Crippen molar-refractivity contribution in [2.24, 2.45) is 5.10 Å². The molecule has 0 aliphatic heterocycles. The molecular weight excluding hydrogens is 335 g/mol. The van der Waals surface area contributed by atoms with Crippen LogP contribution in [0.15, 0.2) is 47.6 Å². The number of benzene rings is 2. The van der Waals surface area contributed by atoms with Gasteiger partial charge >= 0.3 is 0 Å². The van der Waals surface area contributed by atoms with Crippen LogP contribution in [0.5, 0.6) is 5.75 Å². The number of nitrogens with one attached hydrogen (secondary N) is 1. The van der Waals surface area contributed by atoms with Gasteiger partial charge in [-0.3, -0.25) is 4.79 Å². The topological polar surface area (TPSA) is 50.7 Å². The average molecular weight is 351 g/mol. The van der Waals surface area contributed by atoms with E-state index in [1.54, 1.807) is 18.2 Å². The molecule has 4 nitrogen and oxygen atoms in total. The zero-order chi connectivity index (χ0) is 16.7. The van der Waals surface area contributed by atoms with Crippen LogP contribution in [0.1, 0.15) is 18.1 Å². The highest BCUT2D eigenvalue weighted by Gasteiger charge is 2.03. The van der Waals surface area contributed by atoms with Gasteiger partial charge in [0.15, 0.2) is 6.61 Å². The van der Waals surface area contributed by atoms with Crippen LogP contribution in [0, 0.1) is 0 Å². The van der Waals surface area contributed by atoms with E-state index in [9.17, 15) is 4.79 Å². The first-order chi connectivity index (χ1) is 11.1. The summed E-state index contributed by atoms with van der Waals surface area (Å²) in [5.74, 6) is 0.276. The summed E-state index contributed by atoms with van der Waals surface area (Å²) in [5, 5.41) is 4.66. The highest BCUT2D eigenvalue weighted by atomic mass is 35.5. The smallest absolute Gasteiger partial charge is 0.277 e. The van der Waals surface area contributed by atoms with Crippen LogP contribution in [0.4, 0.5) is 0 Å². The number of carbonyl (C=O) groups excluding carboxylic acids is 1. The summed E-state index contributed by atoms with van der Waals surface area (Å²) in [6.45, 7) is 1.96. The first-order valence-corrected chi connectivity index (χ1v) is 7.83. The molecule has 0 spiro atoms. The molecule has 0 atom stereocenters. The van der Waals surface area contributed by atoms with Crippen molar-refractivity contribution in [1.82, 2.24) is 5.43 Å². The van der Waals surface area contributed by atoms with Crippen molar-refractivity contribution < 1.29 is 9.53 Å². The Morgan fingerprint density at radius 1 is 1.22 bits per heavy atom. The lowest BCUT2D eigenvalue weighted by molar-refractivity contribution is -0.123. The zero-order valence-electron chi connectivity index (χ0n) is 12.6. The summed E-state index contributed by atoms with van der Waals surface area (Å²) in [7, 11) is 0. The van der Waals surface area contributed by atoms with E-state index in [0.29, 0.717) is 21.4 Å². The molecule has 1 N–H and O–H groups in total. The molecule has 0 saturated carbocycles. The minimum atomic E-state index is -0.362. The van der Waals surface area contributed by atoms with E-state index in [4.69, 9.17) is 27.9 Å². The molecule has 6 heteroatoms. The van der Waals surface area contributed by atoms with E-state index < -0.39 is 0 Å². The molecule has 1 amide bonds. The van der Waals surface area contributed by atoms with Crippen LogP contribution in [0.3, 0.4) is 0 Å². The van der Waals surface area contributed by atoms with Crippen molar-refractivity contribution in [2.45, 2.75) is 13.3 Å². The fourth-order valence-electron chi connectivity index (χ4n) is 1.80. The number of halogens is 2. The minimum Gasteiger partial charge on any atom is -0.484 e. The maximum absolute atomic E-state index is 11.7. The van der Waals surface area contributed by atoms with Crippen molar-refractivity contribution in [2.75, 3.05) is 6.61 Å². The summed E-state index contributed by atoms with van der Waals surface area (Å²) in [6, 6.07) is 12.8. The second-order valence-electron chi connectivity index (χ2n) is 4.72. The van der Waals surface area contributed by atoms with Crippen LogP contribution < -0.4 is 10.2 Å². The third-order valence-corrected chi connectivity index (χ3v) is 3.91. The molecule has 0 unspecified atom stereocenters. The summed E-state index contributed by atoms with van der Waals surface area (Å²) < 4.78 is 5.38. The predicted octanol–water partition coefficient (Wildman–Crippen LogP) is 4.08. The number of rotatable bonds is 6. The number of hydrogen-bond donors (Lipinski definition) is 1. The lowest BCUT2D eigenvalue weighted by Crippen LogP contribution is -2.24. The maximum atomic E-state index is 11.7. The Kier molecular flexibility index (Phi) is 6.44. The lowest BCUT2D eigenvalue weighted by Gasteiger charge is -2.05. The van der Waals surface area contributed by atoms with E-state index in [-0.39, 0.29) is 12.5 Å². The molecule has 2 aromatic rings. The van der Waals surface area contributed by atoms with Gasteiger partial charge in [0, 0.05) is 5.56 Å². The number of carbonyl (C=O) groups is 1. The standard InChI is InChI=1S/C17H16Cl2N2O2/c1-2-12-6-8-14(9-7-12)23-11-16(22)21-20-10-13-4-3-5-15(18)17(13)19/h3-10H,2,11H2,1H3,(H,21,22)/b20-10-. The second-order valence-corrected chi connectivity index (χ2v) is 5.51. The van der Waals surface area contributed by atoms with Gasteiger partial charge in [-0.2, -0.15) is 5.10 Å². The van der Waals surface area contributed by atoms with Crippen molar-refractivity contribution in [3.8, 4) is 5.75 Å². The molecular formula is C17H16Cl2N2O2. The predicted molar refractivity (Wildman–Crippen MR) is 93.5 cm³/mol. The Hall–Kier alpha value is -2.04. The van der Waals surface area contributed by atoms with Gasteiger partial charge in [0.25, 0.3) is 5.91 Å². The summed E-state index contributed by atoms with van der Waals surface area (Å²) >= 11 is 11.9.